The predicted octanol–water partition coefficient (Wildman–Crippen LogP) is 3.88. The molecule has 0 rings (SSSR count). The Hall–Kier alpha value is -1.64. The van der Waals surface area contributed by atoms with Gasteiger partial charge in [0, 0.05) is 11.3 Å². The van der Waals surface area contributed by atoms with E-state index in [1.807, 2.05) is 13.8 Å². The molecule has 17 heavy (non-hydrogen) atoms. The van der Waals surface area contributed by atoms with Gasteiger partial charge in [-0.05, 0) is 25.0 Å². The molecule has 0 aliphatic rings. The molecule has 0 saturated heterocycles. The molecule has 0 aromatic carbocycles. The summed E-state index contributed by atoms with van der Waals surface area (Å²) in [6.07, 6.45) is 6.84. The van der Waals surface area contributed by atoms with Crippen molar-refractivity contribution in [3.05, 3.63) is 48.0 Å². The molecule has 0 saturated carbocycles. The largest absolute Gasteiger partial charge is 0.399 e. The van der Waals surface area contributed by atoms with E-state index in [0.29, 0.717) is 5.70 Å². The van der Waals surface area contributed by atoms with E-state index in [-0.39, 0.29) is 17.2 Å². The van der Waals surface area contributed by atoms with E-state index in [0.717, 1.165) is 6.42 Å². The number of rotatable bonds is 6. The van der Waals surface area contributed by atoms with Gasteiger partial charge in [0.25, 0.3) is 0 Å². The van der Waals surface area contributed by atoms with Crippen molar-refractivity contribution >= 4 is 5.71 Å². The van der Waals surface area contributed by atoms with E-state index in [2.05, 4.69) is 6.58 Å². The minimum Gasteiger partial charge on any atom is -0.399 e. The van der Waals surface area contributed by atoms with Crippen LogP contribution in [0.25, 0.3) is 0 Å². The van der Waals surface area contributed by atoms with Crippen LogP contribution in [-0.2, 0) is 0 Å². The van der Waals surface area contributed by atoms with E-state index < -0.39 is 5.83 Å². The van der Waals surface area contributed by atoms with E-state index in [4.69, 9.17) is 11.1 Å². The van der Waals surface area contributed by atoms with E-state index in [1.54, 1.807) is 13.0 Å². The average molecular weight is 236 g/mol. The van der Waals surface area contributed by atoms with Crippen LogP contribution < -0.4 is 5.73 Å². The third-order valence-corrected chi connectivity index (χ3v) is 2.44. The molecular formula is C14H21FN2. The van der Waals surface area contributed by atoms with Gasteiger partial charge in [-0.2, -0.15) is 0 Å². The minimum atomic E-state index is -0.400. The lowest BCUT2D eigenvalue weighted by molar-refractivity contribution is 0.644. The molecule has 0 spiro atoms. The zero-order valence-corrected chi connectivity index (χ0v) is 10.8. The highest BCUT2D eigenvalue weighted by molar-refractivity contribution is 6.09. The van der Waals surface area contributed by atoms with E-state index in [1.165, 1.54) is 18.2 Å². The van der Waals surface area contributed by atoms with Crippen molar-refractivity contribution in [2.24, 2.45) is 11.7 Å². The van der Waals surface area contributed by atoms with Crippen LogP contribution >= 0.6 is 0 Å². The van der Waals surface area contributed by atoms with Gasteiger partial charge in [-0.15, -0.1) is 0 Å². The Bertz CT molecular complexity index is 376. The average Bonchev–Trinajstić information content (AvgIpc) is 2.33. The van der Waals surface area contributed by atoms with Gasteiger partial charge in [-0.1, -0.05) is 39.0 Å². The topological polar surface area (TPSA) is 49.9 Å². The van der Waals surface area contributed by atoms with Gasteiger partial charge in [-0.25, -0.2) is 4.39 Å². The van der Waals surface area contributed by atoms with Crippen molar-refractivity contribution in [3.63, 3.8) is 0 Å². The Labute approximate surface area is 103 Å². The summed E-state index contributed by atoms with van der Waals surface area (Å²) in [4.78, 5) is 0. The van der Waals surface area contributed by atoms with Crippen LogP contribution in [0.5, 0.6) is 0 Å². The summed E-state index contributed by atoms with van der Waals surface area (Å²) in [6.45, 7) is 9.10. The fraction of sp³-hybridized carbons (Fsp3) is 0.357. The molecule has 3 heteroatoms. The van der Waals surface area contributed by atoms with Gasteiger partial charge in [0.1, 0.15) is 5.83 Å². The van der Waals surface area contributed by atoms with Crippen LogP contribution in [0.3, 0.4) is 0 Å². The van der Waals surface area contributed by atoms with Gasteiger partial charge in [-0.3, -0.25) is 0 Å². The molecule has 0 heterocycles. The third kappa shape index (κ3) is 5.29. The number of nitrogens with two attached hydrogens (primary N) is 1. The van der Waals surface area contributed by atoms with Crippen LogP contribution in [0.4, 0.5) is 4.39 Å². The molecule has 2 nitrogen and oxygen atoms in total. The van der Waals surface area contributed by atoms with Crippen LogP contribution in [0.15, 0.2) is 48.0 Å². The molecule has 0 radical (unpaired) electrons. The molecule has 0 aliphatic heterocycles. The second-order valence-corrected chi connectivity index (χ2v) is 3.86. The monoisotopic (exact) mass is 236 g/mol. The summed E-state index contributed by atoms with van der Waals surface area (Å²) in [5, 5.41) is 7.83. The second kappa shape index (κ2) is 7.60. The number of hydrogen-bond donors (Lipinski definition) is 2. The molecule has 1 unspecified atom stereocenters. The molecule has 0 aromatic rings. The Kier molecular flexibility index (Phi) is 6.87. The van der Waals surface area contributed by atoms with Crippen molar-refractivity contribution in [1.82, 2.24) is 0 Å². The Morgan fingerprint density at radius 1 is 1.53 bits per heavy atom. The summed E-state index contributed by atoms with van der Waals surface area (Å²) in [5.41, 5.74) is 6.26. The lowest BCUT2D eigenvalue weighted by atomic mass is 10.00. The van der Waals surface area contributed by atoms with Crippen LogP contribution in [0.2, 0.25) is 0 Å². The van der Waals surface area contributed by atoms with Crippen molar-refractivity contribution in [1.29, 1.82) is 5.41 Å². The Balaban J connectivity index is 5.28. The Morgan fingerprint density at radius 2 is 2.12 bits per heavy atom. The summed E-state index contributed by atoms with van der Waals surface area (Å²) in [7, 11) is 0. The van der Waals surface area contributed by atoms with Crippen LogP contribution in [0, 0.1) is 11.3 Å². The quantitative estimate of drug-likeness (QED) is 0.533. The first-order chi connectivity index (χ1) is 7.96. The summed E-state index contributed by atoms with van der Waals surface area (Å²) < 4.78 is 13.7. The first-order valence-electron chi connectivity index (χ1n) is 5.68. The van der Waals surface area contributed by atoms with Gasteiger partial charge < -0.3 is 11.1 Å². The minimum absolute atomic E-state index is 0.0679. The van der Waals surface area contributed by atoms with Crippen molar-refractivity contribution in [2.45, 2.75) is 27.2 Å². The maximum absolute atomic E-state index is 13.7. The standard InChI is InChI=1S/C14H21FN2/c1-5-10(4)8-12(13(15)7-3)14(17)9-11(16)6-2/h6-10,17H,2,5,16H2,1,3-4H3/b11-9-,12-8+,13-7+,17-14?. The van der Waals surface area contributed by atoms with Crippen LogP contribution in [-0.4, -0.2) is 5.71 Å². The third-order valence-electron chi connectivity index (χ3n) is 2.44. The highest BCUT2D eigenvalue weighted by Crippen LogP contribution is 2.18. The summed E-state index contributed by atoms with van der Waals surface area (Å²) in [6, 6.07) is 0. The van der Waals surface area contributed by atoms with Gasteiger partial charge in [0.2, 0.25) is 0 Å². The maximum Gasteiger partial charge on any atom is 0.128 e. The zero-order chi connectivity index (χ0) is 13.4. The van der Waals surface area contributed by atoms with Crippen molar-refractivity contribution in [3.8, 4) is 0 Å². The summed E-state index contributed by atoms with van der Waals surface area (Å²) in [5.74, 6) is -0.183. The highest BCUT2D eigenvalue weighted by atomic mass is 19.1. The molecule has 0 aromatic heterocycles. The van der Waals surface area contributed by atoms with Crippen LogP contribution in [0.1, 0.15) is 27.2 Å². The molecule has 1 atom stereocenters. The highest BCUT2D eigenvalue weighted by Gasteiger charge is 2.10. The fourth-order valence-corrected chi connectivity index (χ4v) is 1.16. The maximum atomic E-state index is 13.7. The van der Waals surface area contributed by atoms with Gasteiger partial charge in [0.05, 0.1) is 5.71 Å². The molecule has 0 bridgehead atoms. The lowest BCUT2D eigenvalue weighted by Gasteiger charge is -2.08. The van der Waals surface area contributed by atoms with E-state index >= 15 is 0 Å². The van der Waals surface area contributed by atoms with Crippen molar-refractivity contribution in [2.75, 3.05) is 0 Å². The summed E-state index contributed by atoms with van der Waals surface area (Å²) >= 11 is 0. The molecule has 0 aliphatic carbocycles. The molecular weight excluding hydrogens is 215 g/mol. The Morgan fingerprint density at radius 3 is 2.53 bits per heavy atom. The molecule has 3 N–H and O–H groups in total. The number of allylic oxidation sites excluding steroid dienone is 6. The molecule has 0 fully saturated rings. The first kappa shape index (κ1) is 15.4. The van der Waals surface area contributed by atoms with E-state index in [9.17, 15) is 4.39 Å². The molecule has 0 amide bonds. The predicted molar refractivity (Wildman–Crippen MR) is 72.6 cm³/mol. The van der Waals surface area contributed by atoms with Gasteiger partial charge in [0.15, 0.2) is 0 Å². The second-order valence-electron chi connectivity index (χ2n) is 3.86. The van der Waals surface area contributed by atoms with Gasteiger partial charge >= 0.3 is 0 Å². The number of halogens is 1. The normalized spacial score (nSPS) is 15.6. The molecule has 94 valence electrons. The SMILES string of the molecule is C=C/C(N)=C/C(=N)C(=C/C(C)CC)/C(F)=C\C. The first-order valence-corrected chi connectivity index (χ1v) is 5.68. The fourth-order valence-electron chi connectivity index (χ4n) is 1.16. The number of nitrogens with one attached hydrogen (secondary N) is 1. The van der Waals surface area contributed by atoms with Crippen molar-refractivity contribution < 1.29 is 4.39 Å². The smallest absolute Gasteiger partial charge is 0.128 e. The number of hydrogen-bond acceptors (Lipinski definition) is 2. The zero-order valence-electron chi connectivity index (χ0n) is 10.8. The lowest BCUT2D eigenvalue weighted by Crippen LogP contribution is -2.05.